The minimum atomic E-state index is 1.27. The van der Waals surface area contributed by atoms with Gasteiger partial charge in [-0.25, -0.2) is 0 Å². The average molecular weight is 367 g/mol. The van der Waals surface area contributed by atoms with Gasteiger partial charge < -0.3 is 4.40 Å². The minimum Gasteiger partial charge on any atom is -0.308 e. The van der Waals surface area contributed by atoms with Crippen LogP contribution in [0.25, 0.3) is 60.0 Å². The molecule has 0 saturated heterocycles. The lowest BCUT2D eigenvalue weighted by Gasteiger charge is -2.11. The molecule has 0 aliphatic heterocycles. The van der Waals surface area contributed by atoms with Crippen LogP contribution in [0.2, 0.25) is 0 Å². The molecular formula is C28H17N. The first-order chi connectivity index (χ1) is 14.4. The van der Waals surface area contributed by atoms with E-state index in [1.165, 1.54) is 60.0 Å². The molecule has 0 unspecified atom stereocenters. The predicted octanol–water partition coefficient (Wildman–Crippen LogP) is 7.66. The van der Waals surface area contributed by atoms with E-state index in [1.807, 2.05) is 0 Å². The van der Waals surface area contributed by atoms with Crippen molar-refractivity contribution in [3.8, 4) is 11.1 Å². The number of rotatable bonds is 1. The molecule has 7 aromatic rings. The highest BCUT2D eigenvalue weighted by Gasteiger charge is 2.20. The van der Waals surface area contributed by atoms with Crippen molar-refractivity contribution in [2.75, 3.05) is 0 Å². The van der Waals surface area contributed by atoms with Crippen LogP contribution in [0.15, 0.2) is 103 Å². The fourth-order valence-corrected chi connectivity index (χ4v) is 5.16. The zero-order chi connectivity index (χ0) is 18.9. The quantitative estimate of drug-likeness (QED) is 0.280. The Balaban J connectivity index is 1.86. The Labute approximate surface area is 167 Å². The summed E-state index contributed by atoms with van der Waals surface area (Å²) in [7, 11) is 0. The van der Waals surface area contributed by atoms with Crippen molar-refractivity contribution < 1.29 is 0 Å². The third-order valence-electron chi connectivity index (χ3n) is 6.30. The summed E-state index contributed by atoms with van der Waals surface area (Å²) >= 11 is 0. The lowest BCUT2D eigenvalue weighted by atomic mass is 9.93. The second kappa shape index (κ2) is 5.36. The van der Waals surface area contributed by atoms with E-state index < -0.39 is 0 Å². The Kier molecular flexibility index (Phi) is 2.80. The van der Waals surface area contributed by atoms with Gasteiger partial charge in [-0.15, -0.1) is 0 Å². The van der Waals surface area contributed by atoms with Crippen molar-refractivity contribution in [2.24, 2.45) is 0 Å². The van der Waals surface area contributed by atoms with Crippen LogP contribution in [0.4, 0.5) is 0 Å². The van der Waals surface area contributed by atoms with Gasteiger partial charge in [0.25, 0.3) is 0 Å². The predicted molar refractivity (Wildman–Crippen MR) is 124 cm³/mol. The van der Waals surface area contributed by atoms with Crippen LogP contribution in [-0.2, 0) is 0 Å². The summed E-state index contributed by atoms with van der Waals surface area (Å²) in [6, 6.07) is 37.4. The number of nitrogens with zero attached hydrogens (tertiary/aromatic N) is 1. The number of para-hydroxylation sites is 2. The molecule has 0 atom stereocenters. The zero-order valence-corrected chi connectivity index (χ0v) is 15.8. The first kappa shape index (κ1) is 15.1. The van der Waals surface area contributed by atoms with Crippen LogP contribution in [-0.4, -0.2) is 4.40 Å². The summed E-state index contributed by atoms with van der Waals surface area (Å²) in [5.74, 6) is 0. The summed E-state index contributed by atoms with van der Waals surface area (Å²) in [5, 5.41) is 7.93. The number of benzene rings is 5. The summed E-state index contributed by atoms with van der Waals surface area (Å²) < 4.78 is 2.47. The van der Waals surface area contributed by atoms with Crippen molar-refractivity contribution in [3.63, 3.8) is 0 Å². The maximum absolute atomic E-state index is 2.47. The van der Waals surface area contributed by atoms with Crippen LogP contribution in [0.1, 0.15) is 0 Å². The smallest absolute Gasteiger partial charge is 0.0620 e. The van der Waals surface area contributed by atoms with Crippen molar-refractivity contribution >= 4 is 48.9 Å². The van der Waals surface area contributed by atoms with Crippen molar-refractivity contribution in [2.45, 2.75) is 0 Å². The summed E-state index contributed by atoms with van der Waals surface area (Å²) in [6.07, 6.45) is 0. The average Bonchev–Trinajstić information content (AvgIpc) is 3.30. The highest BCUT2D eigenvalue weighted by molar-refractivity contribution is 6.29. The Morgan fingerprint density at radius 3 is 2.07 bits per heavy atom. The van der Waals surface area contributed by atoms with Gasteiger partial charge in [-0.05, 0) is 34.0 Å². The molecule has 29 heavy (non-hydrogen) atoms. The van der Waals surface area contributed by atoms with E-state index in [1.54, 1.807) is 0 Å². The molecule has 134 valence electrons. The highest BCUT2D eigenvalue weighted by Crippen LogP contribution is 2.45. The van der Waals surface area contributed by atoms with Crippen LogP contribution >= 0.6 is 0 Å². The Bertz CT molecular complexity index is 1690. The highest BCUT2D eigenvalue weighted by atomic mass is 14.9. The molecule has 7 rings (SSSR count). The molecular weight excluding hydrogens is 350 g/mol. The molecule has 0 saturated carbocycles. The van der Waals surface area contributed by atoms with Gasteiger partial charge >= 0.3 is 0 Å². The largest absolute Gasteiger partial charge is 0.308 e. The maximum atomic E-state index is 2.47. The van der Waals surface area contributed by atoms with Crippen LogP contribution in [0.3, 0.4) is 0 Å². The Morgan fingerprint density at radius 2 is 1.17 bits per heavy atom. The fraction of sp³-hybridized carbons (Fsp3) is 0. The van der Waals surface area contributed by atoms with Crippen molar-refractivity contribution in [1.82, 2.24) is 4.40 Å². The normalized spacial score (nSPS) is 12.1. The maximum Gasteiger partial charge on any atom is 0.0620 e. The topological polar surface area (TPSA) is 4.41 Å². The standard InChI is InChI=1S/C28H17N/c1-2-9-18(10-3-1)26-20-12-5-4-11-19(20)17-25-27(26)23-15-8-14-22-21-13-6-7-16-24(21)29(25)28(22)23/h1-17H. The van der Waals surface area contributed by atoms with Gasteiger partial charge in [0.2, 0.25) is 0 Å². The second-order valence-corrected chi connectivity index (χ2v) is 7.79. The first-order valence-corrected chi connectivity index (χ1v) is 10.1. The van der Waals surface area contributed by atoms with Gasteiger partial charge in [-0.2, -0.15) is 0 Å². The van der Waals surface area contributed by atoms with E-state index in [0.29, 0.717) is 0 Å². The Hall–Kier alpha value is -3.84. The lowest BCUT2D eigenvalue weighted by molar-refractivity contribution is 1.37. The van der Waals surface area contributed by atoms with E-state index >= 15 is 0 Å². The molecule has 0 radical (unpaired) electrons. The minimum absolute atomic E-state index is 1.27. The van der Waals surface area contributed by atoms with Crippen molar-refractivity contribution in [3.05, 3.63) is 103 Å². The molecule has 0 fully saturated rings. The van der Waals surface area contributed by atoms with Crippen LogP contribution in [0, 0.1) is 0 Å². The van der Waals surface area contributed by atoms with Gasteiger partial charge in [0, 0.05) is 21.5 Å². The molecule has 2 aromatic heterocycles. The molecule has 0 aliphatic rings. The third-order valence-corrected chi connectivity index (χ3v) is 6.30. The van der Waals surface area contributed by atoms with Crippen molar-refractivity contribution in [1.29, 1.82) is 0 Å². The SMILES string of the molecule is c1ccc(-c2c3ccccc3cc3c2c2cccc4c5ccccc5n3c42)cc1. The van der Waals surface area contributed by atoms with E-state index in [-0.39, 0.29) is 0 Å². The molecule has 1 nitrogen and oxygen atoms in total. The molecule has 0 N–H and O–H groups in total. The third kappa shape index (κ3) is 1.85. The number of fused-ring (bicyclic) bond motifs is 7. The van der Waals surface area contributed by atoms with Crippen LogP contribution < -0.4 is 0 Å². The summed E-state index contributed by atoms with van der Waals surface area (Å²) in [4.78, 5) is 0. The van der Waals surface area contributed by atoms with Gasteiger partial charge in [0.05, 0.1) is 16.6 Å². The molecule has 1 heteroatoms. The van der Waals surface area contributed by atoms with Crippen LogP contribution in [0.5, 0.6) is 0 Å². The Morgan fingerprint density at radius 1 is 0.483 bits per heavy atom. The van der Waals surface area contributed by atoms with Gasteiger partial charge in [0.15, 0.2) is 0 Å². The summed E-state index contributed by atoms with van der Waals surface area (Å²) in [5.41, 5.74) is 6.50. The molecule has 0 spiro atoms. The molecule has 0 bridgehead atoms. The molecule has 0 amide bonds. The van der Waals surface area contributed by atoms with E-state index in [9.17, 15) is 0 Å². The number of hydrogen-bond donors (Lipinski definition) is 0. The number of aromatic nitrogens is 1. The van der Waals surface area contributed by atoms with Gasteiger partial charge in [-0.3, -0.25) is 0 Å². The summed E-state index contributed by atoms with van der Waals surface area (Å²) in [6.45, 7) is 0. The van der Waals surface area contributed by atoms with E-state index in [2.05, 4.69) is 108 Å². The molecule has 0 aliphatic carbocycles. The first-order valence-electron chi connectivity index (χ1n) is 10.1. The fourth-order valence-electron chi connectivity index (χ4n) is 5.16. The lowest BCUT2D eigenvalue weighted by Crippen LogP contribution is -1.86. The molecule has 5 aromatic carbocycles. The van der Waals surface area contributed by atoms with E-state index in [4.69, 9.17) is 0 Å². The molecule has 2 heterocycles. The van der Waals surface area contributed by atoms with Gasteiger partial charge in [0.1, 0.15) is 0 Å². The zero-order valence-electron chi connectivity index (χ0n) is 15.8. The second-order valence-electron chi connectivity index (χ2n) is 7.79. The monoisotopic (exact) mass is 367 g/mol. The number of hydrogen-bond acceptors (Lipinski definition) is 0. The van der Waals surface area contributed by atoms with Gasteiger partial charge in [-0.1, -0.05) is 91.0 Å². The van der Waals surface area contributed by atoms with E-state index in [0.717, 1.165) is 0 Å².